The van der Waals surface area contributed by atoms with Gasteiger partial charge in [-0.2, -0.15) is 9.97 Å². The normalized spacial score (nSPS) is 10.4. The van der Waals surface area contributed by atoms with Gasteiger partial charge >= 0.3 is 0 Å². The Bertz CT molecular complexity index is 503. The van der Waals surface area contributed by atoms with Gasteiger partial charge in [0.2, 0.25) is 11.2 Å². The van der Waals surface area contributed by atoms with Gasteiger partial charge in [0.1, 0.15) is 0 Å². The summed E-state index contributed by atoms with van der Waals surface area (Å²) in [6.45, 7) is 1.86. The number of hydrogen-bond acceptors (Lipinski definition) is 6. The first-order valence-electron chi connectivity index (χ1n) is 4.36. The third kappa shape index (κ3) is 2.43. The number of hydrogen-bond donors (Lipinski definition) is 1. The van der Waals surface area contributed by atoms with Crippen LogP contribution in [0.2, 0.25) is 5.28 Å². The maximum Gasteiger partial charge on any atom is 0.245 e. The van der Waals surface area contributed by atoms with Gasteiger partial charge in [-0.3, -0.25) is 0 Å². The minimum absolute atomic E-state index is 0.00384. The quantitative estimate of drug-likeness (QED) is 0.825. The average Bonchev–Trinajstić information content (AvgIpc) is 2.66. The fourth-order valence-electron chi connectivity index (χ4n) is 1.04. The van der Waals surface area contributed by atoms with Crippen LogP contribution < -0.4 is 5.32 Å². The highest BCUT2D eigenvalue weighted by Gasteiger charge is 2.07. The second-order valence-electron chi connectivity index (χ2n) is 2.92. The first-order valence-corrected chi connectivity index (χ1v) is 4.74. The molecule has 2 aromatic heterocycles. The molecule has 0 fully saturated rings. The van der Waals surface area contributed by atoms with E-state index >= 15 is 0 Å². The van der Waals surface area contributed by atoms with Crippen molar-refractivity contribution in [3.63, 3.8) is 0 Å². The van der Waals surface area contributed by atoms with Crippen molar-refractivity contribution in [2.75, 3.05) is 5.32 Å². The molecule has 0 radical (unpaired) electrons. The summed E-state index contributed by atoms with van der Waals surface area (Å²) < 4.78 is 18.0. The van der Waals surface area contributed by atoms with Gasteiger partial charge in [0.05, 0.1) is 12.7 Å². The number of rotatable bonds is 3. The van der Waals surface area contributed by atoms with E-state index in [2.05, 4.69) is 25.4 Å². The van der Waals surface area contributed by atoms with E-state index in [1.807, 2.05) is 0 Å². The lowest BCUT2D eigenvalue weighted by Gasteiger charge is -2.02. The first kappa shape index (κ1) is 10.7. The summed E-state index contributed by atoms with van der Waals surface area (Å²) in [7, 11) is 0. The molecule has 0 atom stereocenters. The molecule has 1 N–H and O–H groups in total. The van der Waals surface area contributed by atoms with Crippen LogP contribution in [0.3, 0.4) is 0 Å². The molecule has 0 saturated heterocycles. The summed E-state index contributed by atoms with van der Waals surface area (Å²) in [5.41, 5.74) is 0. The molecule has 0 unspecified atom stereocenters. The molecule has 2 aromatic rings. The number of anilines is 1. The molecule has 8 heteroatoms. The van der Waals surface area contributed by atoms with Crippen LogP contribution in [0.15, 0.2) is 10.7 Å². The summed E-state index contributed by atoms with van der Waals surface area (Å²) in [4.78, 5) is 11.1. The fourth-order valence-corrected chi connectivity index (χ4v) is 1.17. The van der Waals surface area contributed by atoms with Crippen molar-refractivity contribution in [1.29, 1.82) is 0 Å². The zero-order valence-corrected chi connectivity index (χ0v) is 8.99. The second kappa shape index (κ2) is 4.40. The highest BCUT2D eigenvalue weighted by atomic mass is 35.5. The second-order valence-corrected chi connectivity index (χ2v) is 3.26. The van der Waals surface area contributed by atoms with E-state index < -0.39 is 5.82 Å². The largest absolute Gasteiger partial charge is 0.358 e. The molecule has 0 amide bonds. The third-order valence-corrected chi connectivity index (χ3v) is 1.87. The fraction of sp³-hybridized carbons (Fsp3) is 0.250. The molecular formula is C8H7ClFN5O. The summed E-state index contributed by atoms with van der Waals surface area (Å²) in [6.07, 6.45) is 0.983. The molecule has 6 nitrogen and oxygen atoms in total. The number of halogens is 2. The van der Waals surface area contributed by atoms with Crippen molar-refractivity contribution in [3.8, 4) is 0 Å². The lowest BCUT2D eigenvalue weighted by Crippen LogP contribution is -2.04. The van der Waals surface area contributed by atoms with E-state index in [9.17, 15) is 4.39 Å². The molecule has 84 valence electrons. The minimum atomic E-state index is -0.597. The Kier molecular flexibility index (Phi) is 2.95. The lowest BCUT2D eigenvalue weighted by atomic mass is 10.5. The SMILES string of the molecule is Cc1noc(CNc2nc(Cl)ncc2F)n1. The van der Waals surface area contributed by atoms with Gasteiger partial charge in [-0.15, -0.1) is 0 Å². The Hall–Kier alpha value is -1.76. The Morgan fingerprint density at radius 2 is 2.31 bits per heavy atom. The maximum atomic E-state index is 13.2. The predicted molar refractivity (Wildman–Crippen MR) is 53.4 cm³/mol. The number of aryl methyl sites for hydroxylation is 1. The van der Waals surface area contributed by atoms with E-state index in [4.69, 9.17) is 16.1 Å². The van der Waals surface area contributed by atoms with Crippen LogP contribution in [-0.4, -0.2) is 20.1 Å². The predicted octanol–water partition coefficient (Wildman–Crippen LogP) is 1.57. The van der Waals surface area contributed by atoms with Crippen LogP contribution in [0.5, 0.6) is 0 Å². The van der Waals surface area contributed by atoms with Gasteiger partial charge in [-0.25, -0.2) is 9.37 Å². The summed E-state index contributed by atoms with van der Waals surface area (Å²) >= 11 is 5.52. The van der Waals surface area contributed by atoms with Crippen molar-refractivity contribution in [3.05, 3.63) is 29.0 Å². The van der Waals surface area contributed by atoms with Gasteiger partial charge in [0.25, 0.3) is 0 Å². The van der Waals surface area contributed by atoms with E-state index in [0.29, 0.717) is 11.7 Å². The maximum absolute atomic E-state index is 13.2. The first-order chi connectivity index (χ1) is 7.65. The van der Waals surface area contributed by atoms with Crippen molar-refractivity contribution in [2.45, 2.75) is 13.5 Å². The van der Waals surface area contributed by atoms with E-state index in [1.165, 1.54) is 0 Å². The molecule has 2 heterocycles. The summed E-state index contributed by atoms with van der Waals surface area (Å²) in [6, 6.07) is 0. The molecule has 0 bridgehead atoms. The summed E-state index contributed by atoms with van der Waals surface area (Å²) in [5.74, 6) is 0.251. The third-order valence-electron chi connectivity index (χ3n) is 1.69. The zero-order chi connectivity index (χ0) is 11.5. The molecular weight excluding hydrogens is 237 g/mol. The molecule has 0 saturated carbocycles. The Morgan fingerprint density at radius 3 is 3.00 bits per heavy atom. The van der Waals surface area contributed by atoms with Gasteiger partial charge in [-0.05, 0) is 18.5 Å². The van der Waals surface area contributed by atoms with Crippen molar-refractivity contribution in [2.24, 2.45) is 0 Å². The van der Waals surface area contributed by atoms with Crippen LogP contribution in [0, 0.1) is 12.7 Å². The van der Waals surface area contributed by atoms with Crippen molar-refractivity contribution in [1.82, 2.24) is 20.1 Å². The Morgan fingerprint density at radius 1 is 1.50 bits per heavy atom. The number of aromatic nitrogens is 4. The molecule has 16 heavy (non-hydrogen) atoms. The van der Waals surface area contributed by atoms with Crippen LogP contribution in [0.4, 0.5) is 10.2 Å². The van der Waals surface area contributed by atoms with Crippen LogP contribution in [0.25, 0.3) is 0 Å². The van der Waals surface area contributed by atoms with Gasteiger partial charge in [0.15, 0.2) is 17.5 Å². The number of nitrogens with zero attached hydrogens (tertiary/aromatic N) is 4. The van der Waals surface area contributed by atoms with E-state index in [0.717, 1.165) is 6.20 Å². The highest BCUT2D eigenvalue weighted by Crippen LogP contribution is 2.12. The molecule has 0 aromatic carbocycles. The van der Waals surface area contributed by atoms with Gasteiger partial charge in [0, 0.05) is 0 Å². The van der Waals surface area contributed by atoms with Crippen LogP contribution in [-0.2, 0) is 6.54 Å². The molecule has 0 spiro atoms. The zero-order valence-electron chi connectivity index (χ0n) is 8.24. The van der Waals surface area contributed by atoms with E-state index in [-0.39, 0.29) is 17.6 Å². The van der Waals surface area contributed by atoms with Gasteiger partial charge in [-0.1, -0.05) is 5.16 Å². The topological polar surface area (TPSA) is 76.7 Å². The average molecular weight is 244 g/mol. The summed E-state index contributed by atoms with van der Waals surface area (Å²) in [5, 5.41) is 6.23. The smallest absolute Gasteiger partial charge is 0.245 e. The minimum Gasteiger partial charge on any atom is -0.358 e. The monoisotopic (exact) mass is 243 g/mol. The molecule has 0 aliphatic rings. The number of nitrogens with one attached hydrogen (secondary N) is 1. The molecule has 2 rings (SSSR count). The van der Waals surface area contributed by atoms with Crippen molar-refractivity contribution < 1.29 is 8.91 Å². The highest BCUT2D eigenvalue weighted by molar-refractivity contribution is 6.28. The molecule has 0 aliphatic heterocycles. The van der Waals surface area contributed by atoms with Crippen LogP contribution >= 0.6 is 11.6 Å². The standard InChI is InChI=1S/C8H7ClFN5O/c1-4-13-6(16-15-4)3-11-7-5(10)2-12-8(9)14-7/h2H,3H2,1H3,(H,11,12,14). The van der Waals surface area contributed by atoms with E-state index in [1.54, 1.807) is 6.92 Å². The Balaban J connectivity index is 2.07. The lowest BCUT2D eigenvalue weighted by molar-refractivity contribution is 0.379. The van der Waals surface area contributed by atoms with Crippen molar-refractivity contribution >= 4 is 17.4 Å². The van der Waals surface area contributed by atoms with Crippen LogP contribution in [0.1, 0.15) is 11.7 Å². The molecule has 0 aliphatic carbocycles. The van der Waals surface area contributed by atoms with Gasteiger partial charge < -0.3 is 9.84 Å². The Labute approximate surface area is 94.9 Å².